The molecule has 0 atom stereocenters. The Morgan fingerprint density at radius 1 is 1.03 bits per heavy atom. The highest BCUT2D eigenvalue weighted by Crippen LogP contribution is 2.19. The summed E-state index contributed by atoms with van der Waals surface area (Å²) in [5.74, 6) is -0.670. The van der Waals surface area contributed by atoms with E-state index in [9.17, 15) is 9.59 Å². The van der Waals surface area contributed by atoms with Gasteiger partial charge >= 0.3 is 0 Å². The summed E-state index contributed by atoms with van der Waals surface area (Å²) >= 11 is 0. The number of nitriles is 1. The Bertz CT molecular complexity index is 1290. The number of nitrogens with zero attached hydrogens (tertiary/aromatic N) is 4. The number of hydrogen-bond donors (Lipinski definition) is 1. The van der Waals surface area contributed by atoms with Gasteiger partial charge in [-0.15, -0.1) is 0 Å². The Labute approximate surface area is 172 Å². The fourth-order valence-corrected chi connectivity index (χ4v) is 3.13. The van der Waals surface area contributed by atoms with E-state index in [0.717, 1.165) is 5.69 Å². The number of imidazole rings is 1. The van der Waals surface area contributed by atoms with Crippen LogP contribution in [0, 0.1) is 11.3 Å². The number of benzene rings is 2. The molecule has 146 valence electrons. The standard InChI is InChI=1S/C23H17N5O2/c1-27(18-10-3-2-4-11-18)23(30)21-26-20(19-12-5-6-13-28(19)21)22(29)25-17-9-7-8-16(14-17)15-24/h2-14H,1H3,(H,25,29). The van der Waals surface area contributed by atoms with Crippen molar-refractivity contribution in [1.29, 1.82) is 5.26 Å². The smallest absolute Gasteiger partial charge is 0.294 e. The first-order chi connectivity index (χ1) is 14.6. The first-order valence-corrected chi connectivity index (χ1v) is 9.20. The van der Waals surface area contributed by atoms with Gasteiger partial charge in [-0.2, -0.15) is 5.26 Å². The van der Waals surface area contributed by atoms with Crippen LogP contribution < -0.4 is 10.2 Å². The van der Waals surface area contributed by atoms with Crippen molar-refractivity contribution in [2.45, 2.75) is 0 Å². The molecule has 0 fully saturated rings. The first-order valence-electron chi connectivity index (χ1n) is 9.20. The summed E-state index contributed by atoms with van der Waals surface area (Å²) in [6.07, 6.45) is 1.70. The minimum absolute atomic E-state index is 0.128. The van der Waals surface area contributed by atoms with Crippen molar-refractivity contribution in [3.8, 4) is 6.07 Å². The zero-order valence-electron chi connectivity index (χ0n) is 16.1. The van der Waals surface area contributed by atoms with Crippen molar-refractivity contribution in [3.63, 3.8) is 0 Å². The lowest BCUT2D eigenvalue weighted by atomic mass is 10.2. The highest BCUT2D eigenvalue weighted by Gasteiger charge is 2.24. The molecule has 2 heterocycles. The number of aromatic nitrogens is 2. The number of fused-ring (bicyclic) bond motifs is 1. The van der Waals surface area contributed by atoms with Crippen molar-refractivity contribution >= 4 is 28.7 Å². The molecule has 0 saturated carbocycles. The predicted octanol–water partition coefficient (Wildman–Crippen LogP) is 3.73. The second kappa shape index (κ2) is 7.89. The molecular formula is C23H17N5O2. The third-order valence-corrected chi connectivity index (χ3v) is 4.65. The van der Waals surface area contributed by atoms with E-state index in [1.807, 2.05) is 36.4 Å². The number of nitrogens with one attached hydrogen (secondary N) is 1. The minimum atomic E-state index is -0.463. The first kappa shape index (κ1) is 18.9. The van der Waals surface area contributed by atoms with Gasteiger partial charge in [0.1, 0.15) is 0 Å². The van der Waals surface area contributed by atoms with Crippen LogP contribution in [-0.2, 0) is 0 Å². The molecule has 4 rings (SSSR count). The maximum absolute atomic E-state index is 13.1. The van der Waals surface area contributed by atoms with Crippen LogP contribution in [-0.4, -0.2) is 28.2 Å². The van der Waals surface area contributed by atoms with Gasteiger partial charge in [0.25, 0.3) is 11.8 Å². The van der Waals surface area contributed by atoms with Gasteiger partial charge < -0.3 is 10.2 Å². The number of para-hydroxylation sites is 1. The fourth-order valence-electron chi connectivity index (χ4n) is 3.13. The molecule has 7 heteroatoms. The average molecular weight is 395 g/mol. The number of hydrogen-bond acceptors (Lipinski definition) is 4. The topological polar surface area (TPSA) is 90.5 Å². The van der Waals surface area contributed by atoms with Crippen LogP contribution in [0.3, 0.4) is 0 Å². The van der Waals surface area contributed by atoms with E-state index in [1.54, 1.807) is 60.1 Å². The molecule has 4 aromatic rings. The third-order valence-electron chi connectivity index (χ3n) is 4.65. The molecule has 2 aromatic heterocycles. The van der Waals surface area contributed by atoms with E-state index in [0.29, 0.717) is 16.8 Å². The molecular weight excluding hydrogens is 378 g/mol. The van der Waals surface area contributed by atoms with Crippen molar-refractivity contribution in [2.24, 2.45) is 0 Å². The molecule has 0 aliphatic carbocycles. The molecule has 0 radical (unpaired) electrons. The zero-order valence-corrected chi connectivity index (χ0v) is 16.1. The maximum Gasteiger partial charge on any atom is 0.294 e. The van der Waals surface area contributed by atoms with E-state index >= 15 is 0 Å². The van der Waals surface area contributed by atoms with Crippen LogP contribution in [0.25, 0.3) is 5.52 Å². The van der Waals surface area contributed by atoms with Crippen LogP contribution in [0.5, 0.6) is 0 Å². The van der Waals surface area contributed by atoms with Crippen LogP contribution >= 0.6 is 0 Å². The lowest BCUT2D eigenvalue weighted by Gasteiger charge is -2.16. The van der Waals surface area contributed by atoms with Gasteiger partial charge in [0.15, 0.2) is 5.69 Å². The van der Waals surface area contributed by atoms with Crippen LogP contribution in [0.4, 0.5) is 11.4 Å². The van der Waals surface area contributed by atoms with Gasteiger partial charge in [-0.3, -0.25) is 14.0 Å². The summed E-state index contributed by atoms with van der Waals surface area (Å²) < 4.78 is 1.60. The summed E-state index contributed by atoms with van der Waals surface area (Å²) in [7, 11) is 1.66. The van der Waals surface area contributed by atoms with E-state index in [4.69, 9.17) is 5.26 Å². The highest BCUT2D eigenvalue weighted by molar-refractivity contribution is 6.10. The van der Waals surface area contributed by atoms with Crippen LogP contribution in [0.2, 0.25) is 0 Å². The Kier molecular flexibility index (Phi) is 4.97. The molecule has 7 nitrogen and oxygen atoms in total. The number of pyridine rings is 1. The van der Waals surface area contributed by atoms with Crippen molar-refractivity contribution in [1.82, 2.24) is 9.38 Å². The van der Waals surface area contributed by atoms with Gasteiger partial charge in [-0.1, -0.05) is 30.3 Å². The van der Waals surface area contributed by atoms with E-state index in [-0.39, 0.29) is 17.4 Å². The van der Waals surface area contributed by atoms with Gasteiger partial charge in [0.2, 0.25) is 5.82 Å². The molecule has 0 unspecified atom stereocenters. The molecule has 0 spiro atoms. The Morgan fingerprint density at radius 3 is 2.57 bits per heavy atom. The molecule has 0 aliphatic heterocycles. The molecule has 30 heavy (non-hydrogen) atoms. The van der Waals surface area contributed by atoms with Gasteiger partial charge in [0.05, 0.1) is 17.1 Å². The summed E-state index contributed by atoms with van der Waals surface area (Å²) in [4.78, 5) is 31.9. The summed E-state index contributed by atoms with van der Waals surface area (Å²) in [5.41, 5.74) is 2.27. The molecule has 0 bridgehead atoms. The van der Waals surface area contributed by atoms with Crippen molar-refractivity contribution in [2.75, 3.05) is 17.3 Å². The van der Waals surface area contributed by atoms with Gasteiger partial charge in [-0.25, -0.2) is 4.98 Å². The molecule has 1 N–H and O–H groups in total. The second-order valence-corrected chi connectivity index (χ2v) is 6.59. The van der Waals surface area contributed by atoms with Crippen LogP contribution in [0.1, 0.15) is 26.7 Å². The summed E-state index contributed by atoms with van der Waals surface area (Å²) in [5, 5.41) is 11.8. The summed E-state index contributed by atoms with van der Waals surface area (Å²) in [6, 6.07) is 23.1. The molecule has 0 aliphatic rings. The van der Waals surface area contributed by atoms with Gasteiger partial charge in [-0.05, 0) is 42.5 Å². The van der Waals surface area contributed by atoms with E-state index in [2.05, 4.69) is 10.3 Å². The number of carbonyl (C=O) groups is 2. The van der Waals surface area contributed by atoms with Crippen molar-refractivity contribution in [3.05, 3.63) is 96.1 Å². The van der Waals surface area contributed by atoms with E-state index in [1.165, 1.54) is 4.90 Å². The average Bonchev–Trinajstić information content (AvgIpc) is 3.18. The maximum atomic E-state index is 13.1. The van der Waals surface area contributed by atoms with Crippen molar-refractivity contribution < 1.29 is 9.59 Å². The molecule has 2 aromatic carbocycles. The van der Waals surface area contributed by atoms with Gasteiger partial charge in [0, 0.05) is 24.6 Å². The second-order valence-electron chi connectivity index (χ2n) is 6.59. The lowest BCUT2D eigenvalue weighted by Crippen LogP contribution is -2.28. The number of anilines is 2. The van der Waals surface area contributed by atoms with Crippen LogP contribution in [0.15, 0.2) is 79.0 Å². The molecule has 2 amide bonds. The fraction of sp³-hybridized carbons (Fsp3) is 0.0435. The highest BCUT2D eigenvalue weighted by atomic mass is 16.2. The Hall–Kier alpha value is -4.44. The predicted molar refractivity (Wildman–Crippen MR) is 113 cm³/mol. The SMILES string of the molecule is CN(C(=O)c1nc(C(=O)Nc2cccc(C#N)c2)c2ccccn12)c1ccccc1. The normalized spacial score (nSPS) is 10.4. The lowest BCUT2D eigenvalue weighted by molar-refractivity contribution is 0.0982. The zero-order chi connectivity index (χ0) is 21.1. The number of amides is 2. The summed E-state index contributed by atoms with van der Waals surface area (Å²) in [6.45, 7) is 0. The monoisotopic (exact) mass is 395 g/mol. The minimum Gasteiger partial charge on any atom is -0.321 e. The Morgan fingerprint density at radius 2 is 1.80 bits per heavy atom. The quantitative estimate of drug-likeness (QED) is 0.570. The third kappa shape index (κ3) is 3.50. The van der Waals surface area contributed by atoms with E-state index < -0.39 is 5.91 Å². The number of rotatable bonds is 4. The largest absolute Gasteiger partial charge is 0.321 e. The molecule has 0 saturated heterocycles. The number of carbonyl (C=O) groups excluding carboxylic acids is 2. The Balaban J connectivity index is 1.71.